The van der Waals surface area contributed by atoms with E-state index in [9.17, 15) is 9.59 Å². The summed E-state index contributed by atoms with van der Waals surface area (Å²) in [6, 6.07) is 50.6. The summed E-state index contributed by atoms with van der Waals surface area (Å²) >= 11 is 0. The smallest absolute Gasteiger partial charge is 0.339 e. The molecule has 0 amide bonds. The fraction of sp³-hybridized carbons (Fsp3) is 0.0435. The number of cyclic esters (lactones) is 2. The number of hydrogen-bond donors (Lipinski definition) is 0. The number of carbonyl (C=O) groups excluding carboxylic acids is 2. The van der Waals surface area contributed by atoms with Gasteiger partial charge in [0.05, 0.1) is 33.9 Å². The topological polar surface area (TPSA) is 78.4 Å². The first kappa shape index (κ1) is 31.1. The quantitative estimate of drug-likeness (QED) is 0.170. The van der Waals surface area contributed by atoms with Crippen LogP contribution in [0.5, 0.6) is 0 Å². The van der Waals surface area contributed by atoms with Crippen molar-refractivity contribution in [2.45, 2.75) is 13.2 Å². The van der Waals surface area contributed by atoms with Crippen LogP contribution in [0.15, 0.2) is 158 Å². The second-order valence-corrected chi connectivity index (χ2v) is 12.7. The first-order chi connectivity index (χ1) is 25.6. The Morgan fingerprint density at radius 1 is 0.404 bits per heavy atom. The molecular weight excluding hydrogens is 645 g/mol. The second kappa shape index (κ2) is 13.1. The standard InChI is InChI=1S/C46H30N2O4/c49-45-37-23-19-29-11-7-9-17-35(29)41(37)42-36-18-10-8-12-30(36)20-24-38(42)46(50)52-28-34-22-26-40(32-15-5-2-6-16-32)48-44(34)43-33(27-51-45)21-25-39(47-43)31-13-3-1-4-14-31/h1-26H,27-28H2. The summed E-state index contributed by atoms with van der Waals surface area (Å²) in [6.45, 7) is -0.108. The third kappa shape index (κ3) is 5.56. The van der Waals surface area contributed by atoms with E-state index in [1.54, 1.807) is 12.1 Å². The van der Waals surface area contributed by atoms with Gasteiger partial charge < -0.3 is 9.47 Å². The molecule has 0 fully saturated rings. The van der Waals surface area contributed by atoms with E-state index in [0.29, 0.717) is 44.8 Å². The molecule has 6 heteroatoms. The van der Waals surface area contributed by atoms with Crippen LogP contribution in [0.25, 0.3) is 66.6 Å². The van der Waals surface area contributed by atoms with E-state index in [-0.39, 0.29) is 13.2 Å². The van der Waals surface area contributed by atoms with Crippen LogP contribution in [0.3, 0.4) is 0 Å². The van der Waals surface area contributed by atoms with Gasteiger partial charge in [-0.25, -0.2) is 19.6 Å². The number of rotatable bonds is 2. The first-order valence-electron chi connectivity index (χ1n) is 17.1. The molecule has 1 aliphatic rings. The molecular formula is C46H30N2O4. The zero-order valence-corrected chi connectivity index (χ0v) is 28.0. The molecule has 52 heavy (non-hydrogen) atoms. The van der Waals surface area contributed by atoms with Gasteiger partial charge in [-0.15, -0.1) is 0 Å². The number of esters is 2. The highest BCUT2D eigenvalue weighted by Crippen LogP contribution is 2.41. The highest BCUT2D eigenvalue weighted by Gasteiger charge is 2.27. The van der Waals surface area contributed by atoms with Gasteiger partial charge in [0, 0.05) is 33.4 Å². The monoisotopic (exact) mass is 674 g/mol. The highest BCUT2D eigenvalue weighted by molar-refractivity contribution is 6.17. The highest BCUT2D eigenvalue weighted by atomic mass is 16.5. The maximum atomic E-state index is 14.4. The summed E-state index contributed by atoms with van der Waals surface area (Å²) in [6.07, 6.45) is 0. The molecule has 0 aliphatic carbocycles. The third-order valence-corrected chi connectivity index (χ3v) is 9.59. The van der Waals surface area contributed by atoms with Gasteiger partial charge in [0.25, 0.3) is 0 Å². The minimum absolute atomic E-state index is 0.0542. The Morgan fingerprint density at radius 3 is 1.25 bits per heavy atom. The van der Waals surface area contributed by atoms with Crippen LogP contribution < -0.4 is 0 Å². The van der Waals surface area contributed by atoms with Crippen molar-refractivity contribution in [3.63, 3.8) is 0 Å². The molecule has 0 unspecified atom stereocenters. The Bertz CT molecular complexity index is 2490. The number of aromatic nitrogens is 2. The number of ether oxygens (including phenoxy) is 2. The Balaban J connectivity index is 1.28. The average Bonchev–Trinajstić information content (AvgIpc) is 3.21. The molecule has 6 aromatic carbocycles. The predicted molar refractivity (Wildman–Crippen MR) is 203 cm³/mol. The molecule has 0 bridgehead atoms. The summed E-state index contributed by atoms with van der Waals surface area (Å²) < 4.78 is 12.4. The van der Waals surface area contributed by atoms with Crippen molar-refractivity contribution < 1.29 is 19.1 Å². The Labute approximate surface area is 300 Å². The molecule has 248 valence electrons. The average molecular weight is 675 g/mol. The molecule has 0 spiro atoms. The van der Waals surface area contributed by atoms with Crippen molar-refractivity contribution in [1.82, 2.24) is 9.97 Å². The lowest BCUT2D eigenvalue weighted by atomic mass is 9.87. The lowest BCUT2D eigenvalue weighted by molar-refractivity contribution is 0.0460. The van der Waals surface area contributed by atoms with Crippen molar-refractivity contribution >= 4 is 33.5 Å². The van der Waals surface area contributed by atoms with Gasteiger partial charge in [-0.1, -0.05) is 133 Å². The van der Waals surface area contributed by atoms with E-state index in [4.69, 9.17) is 19.4 Å². The van der Waals surface area contributed by atoms with Crippen molar-refractivity contribution in [2.75, 3.05) is 0 Å². The van der Waals surface area contributed by atoms with Crippen LogP contribution in [0.1, 0.15) is 31.8 Å². The molecule has 1 aliphatic heterocycles. The van der Waals surface area contributed by atoms with E-state index in [0.717, 1.165) is 44.1 Å². The molecule has 0 radical (unpaired) electrons. The molecule has 8 aromatic rings. The second-order valence-electron chi connectivity index (χ2n) is 12.7. The number of benzene rings is 6. The molecule has 0 saturated carbocycles. The van der Waals surface area contributed by atoms with Crippen LogP contribution >= 0.6 is 0 Å². The van der Waals surface area contributed by atoms with Crippen LogP contribution in [0.4, 0.5) is 0 Å². The number of fused-ring (bicyclic) bond motifs is 10. The van der Waals surface area contributed by atoms with E-state index in [2.05, 4.69) is 0 Å². The van der Waals surface area contributed by atoms with Gasteiger partial charge in [-0.2, -0.15) is 0 Å². The van der Waals surface area contributed by atoms with Gasteiger partial charge in [0.15, 0.2) is 0 Å². The van der Waals surface area contributed by atoms with Crippen molar-refractivity contribution in [1.29, 1.82) is 0 Å². The van der Waals surface area contributed by atoms with Gasteiger partial charge in [0.1, 0.15) is 13.2 Å². The van der Waals surface area contributed by atoms with Crippen LogP contribution in [-0.2, 0) is 22.7 Å². The molecule has 0 saturated heterocycles. The van der Waals surface area contributed by atoms with Crippen molar-refractivity contribution in [3.05, 3.63) is 180 Å². The summed E-state index contributed by atoms with van der Waals surface area (Å²) in [5, 5.41) is 3.51. The normalized spacial score (nSPS) is 12.8. The molecule has 0 N–H and O–H groups in total. The first-order valence-corrected chi connectivity index (χ1v) is 17.1. The molecule has 6 nitrogen and oxygen atoms in total. The number of pyridine rings is 2. The van der Waals surface area contributed by atoms with Crippen LogP contribution in [0.2, 0.25) is 0 Å². The van der Waals surface area contributed by atoms with Gasteiger partial charge in [0.2, 0.25) is 0 Å². The lowest BCUT2D eigenvalue weighted by Crippen LogP contribution is -2.13. The fourth-order valence-electron chi connectivity index (χ4n) is 7.02. The maximum Gasteiger partial charge on any atom is 0.339 e. The zero-order valence-electron chi connectivity index (χ0n) is 28.0. The summed E-state index contributed by atoms with van der Waals surface area (Å²) in [7, 11) is 0. The van der Waals surface area contributed by atoms with Crippen LogP contribution in [-0.4, -0.2) is 21.9 Å². The number of carbonyl (C=O) groups is 2. The molecule has 0 atom stereocenters. The number of hydrogen-bond acceptors (Lipinski definition) is 6. The maximum absolute atomic E-state index is 14.4. The Morgan fingerprint density at radius 2 is 0.808 bits per heavy atom. The van der Waals surface area contributed by atoms with Gasteiger partial charge >= 0.3 is 11.9 Å². The van der Waals surface area contributed by atoms with E-state index < -0.39 is 11.9 Å². The van der Waals surface area contributed by atoms with Gasteiger partial charge in [-0.05, 0) is 45.8 Å². The number of nitrogens with zero attached hydrogens (tertiary/aromatic N) is 2. The summed E-state index contributed by atoms with van der Waals surface area (Å²) in [4.78, 5) is 39.0. The largest absolute Gasteiger partial charge is 0.457 e. The molecule has 9 rings (SSSR count). The Kier molecular flexibility index (Phi) is 7.82. The fourth-order valence-corrected chi connectivity index (χ4v) is 7.02. The minimum Gasteiger partial charge on any atom is -0.457 e. The molecule has 2 aromatic heterocycles. The van der Waals surface area contributed by atoms with E-state index >= 15 is 0 Å². The minimum atomic E-state index is -0.519. The van der Waals surface area contributed by atoms with E-state index in [1.807, 2.05) is 146 Å². The van der Waals surface area contributed by atoms with E-state index in [1.165, 1.54) is 0 Å². The lowest BCUT2D eigenvalue weighted by Gasteiger charge is -2.20. The van der Waals surface area contributed by atoms with Crippen molar-refractivity contribution in [2.24, 2.45) is 0 Å². The predicted octanol–water partition coefficient (Wildman–Crippen LogP) is 10.5. The summed E-state index contributed by atoms with van der Waals surface area (Å²) in [5.41, 5.74) is 7.69. The SMILES string of the molecule is O=C1OCc2ccc(-c3ccccc3)nc2-c2nc(-c3ccccc3)ccc2COC(=O)c2ccc3ccccc3c2-c2c1ccc1ccccc21. The molecule has 3 heterocycles. The van der Waals surface area contributed by atoms with Crippen molar-refractivity contribution in [3.8, 4) is 45.0 Å². The van der Waals surface area contributed by atoms with Gasteiger partial charge in [-0.3, -0.25) is 0 Å². The summed E-state index contributed by atoms with van der Waals surface area (Å²) in [5.74, 6) is -1.04. The van der Waals surface area contributed by atoms with Crippen LogP contribution in [0, 0.1) is 0 Å². The zero-order chi connectivity index (χ0) is 35.0. The third-order valence-electron chi connectivity index (χ3n) is 9.59. The Hall–Kier alpha value is -6.92.